The van der Waals surface area contributed by atoms with Gasteiger partial charge in [-0.05, 0) is 38.0 Å². The Kier molecular flexibility index (Phi) is 6.31. The first-order valence-electron chi connectivity index (χ1n) is 6.40. The fourth-order valence-electron chi connectivity index (χ4n) is 2.74. The van der Waals surface area contributed by atoms with Gasteiger partial charge < -0.3 is 5.32 Å². The van der Waals surface area contributed by atoms with Crippen molar-refractivity contribution in [2.24, 2.45) is 5.92 Å². The van der Waals surface area contributed by atoms with Crippen LogP contribution in [0.15, 0.2) is 0 Å². The lowest BCUT2D eigenvalue weighted by Gasteiger charge is -2.34. The first-order chi connectivity index (χ1) is 7.99. The highest BCUT2D eigenvalue weighted by molar-refractivity contribution is 7.98. The van der Waals surface area contributed by atoms with Gasteiger partial charge in [-0.2, -0.15) is 11.8 Å². The molecule has 0 aliphatic heterocycles. The molecular weight excluding hydrogens is 254 g/mol. The summed E-state index contributed by atoms with van der Waals surface area (Å²) in [5, 5.41) is 3.40. The van der Waals surface area contributed by atoms with Gasteiger partial charge in [0.25, 0.3) is 0 Å². The van der Waals surface area contributed by atoms with Gasteiger partial charge in [0.15, 0.2) is 0 Å². The molecule has 0 aromatic heterocycles. The van der Waals surface area contributed by atoms with Crippen molar-refractivity contribution in [3.05, 3.63) is 0 Å². The summed E-state index contributed by atoms with van der Waals surface area (Å²) < 4.78 is 23.3. The predicted molar refractivity (Wildman–Crippen MR) is 76.4 cm³/mol. The molecule has 102 valence electrons. The highest BCUT2D eigenvalue weighted by Gasteiger charge is 2.32. The van der Waals surface area contributed by atoms with Crippen LogP contribution < -0.4 is 5.32 Å². The number of hydrogen-bond acceptors (Lipinski definition) is 4. The topological polar surface area (TPSA) is 46.2 Å². The monoisotopic (exact) mass is 279 g/mol. The Morgan fingerprint density at radius 1 is 1.41 bits per heavy atom. The third-order valence-corrected chi connectivity index (χ3v) is 5.99. The Hall–Kier alpha value is 0.260. The first-order valence-corrected chi connectivity index (χ1v) is 9.75. The summed E-state index contributed by atoms with van der Waals surface area (Å²) in [7, 11) is -2.86. The third kappa shape index (κ3) is 4.79. The molecule has 17 heavy (non-hydrogen) atoms. The highest BCUT2D eigenvalue weighted by Crippen LogP contribution is 2.31. The normalized spacial score (nSPS) is 27.9. The molecule has 0 saturated heterocycles. The van der Waals surface area contributed by atoms with Crippen LogP contribution in [0.25, 0.3) is 0 Å². The van der Waals surface area contributed by atoms with E-state index in [1.54, 1.807) is 0 Å². The van der Waals surface area contributed by atoms with E-state index in [0.29, 0.717) is 12.0 Å². The van der Waals surface area contributed by atoms with Crippen LogP contribution in [0, 0.1) is 5.92 Å². The van der Waals surface area contributed by atoms with Crippen LogP contribution in [0.1, 0.15) is 32.6 Å². The molecule has 1 rings (SSSR count). The zero-order valence-electron chi connectivity index (χ0n) is 11.1. The lowest BCUT2D eigenvalue weighted by atomic mass is 9.84. The van der Waals surface area contributed by atoms with Gasteiger partial charge in [0, 0.05) is 18.1 Å². The Labute approximate surface area is 110 Å². The van der Waals surface area contributed by atoms with Crippen LogP contribution in [-0.4, -0.2) is 44.5 Å². The molecule has 5 heteroatoms. The van der Waals surface area contributed by atoms with Gasteiger partial charge in [-0.3, -0.25) is 0 Å². The fraction of sp³-hybridized carbons (Fsp3) is 1.00. The second kappa shape index (κ2) is 7.00. The summed E-state index contributed by atoms with van der Waals surface area (Å²) in [4.78, 5) is 0. The summed E-state index contributed by atoms with van der Waals surface area (Å²) in [5.41, 5.74) is 0. The largest absolute Gasteiger partial charge is 0.313 e. The molecule has 1 fully saturated rings. The van der Waals surface area contributed by atoms with Gasteiger partial charge in [-0.25, -0.2) is 8.42 Å². The molecule has 3 atom stereocenters. The van der Waals surface area contributed by atoms with E-state index in [4.69, 9.17) is 0 Å². The molecule has 0 heterocycles. The molecule has 1 N–H and O–H groups in total. The molecule has 1 saturated carbocycles. The van der Waals surface area contributed by atoms with E-state index in [2.05, 4.69) is 18.5 Å². The average Bonchev–Trinajstić information content (AvgIpc) is 2.28. The molecule has 0 radical (unpaired) electrons. The summed E-state index contributed by atoms with van der Waals surface area (Å²) >= 11 is 1.84. The molecular formula is C12H25NO2S2. The van der Waals surface area contributed by atoms with Gasteiger partial charge in [0.1, 0.15) is 9.84 Å². The van der Waals surface area contributed by atoms with E-state index in [0.717, 1.165) is 31.6 Å². The second-order valence-corrected chi connectivity index (χ2v) is 8.23. The Balaban J connectivity index is 2.63. The molecule has 1 aliphatic carbocycles. The number of thioether (sulfide) groups is 1. The minimum atomic E-state index is -2.86. The van der Waals surface area contributed by atoms with Gasteiger partial charge >= 0.3 is 0 Å². The van der Waals surface area contributed by atoms with Crippen molar-refractivity contribution >= 4 is 21.6 Å². The summed E-state index contributed by atoms with van der Waals surface area (Å²) in [6.07, 6.45) is 7.42. The SMILES string of the molecule is CCNC(CSC)C1CCCC(S(C)(=O)=O)C1. The van der Waals surface area contributed by atoms with Gasteiger partial charge in [-0.1, -0.05) is 13.3 Å². The zero-order chi connectivity index (χ0) is 12.9. The minimum absolute atomic E-state index is 0.107. The van der Waals surface area contributed by atoms with Gasteiger partial charge in [0.05, 0.1) is 5.25 Å². The second-order valence-electron chi connectivity index (χ2n) is 5.00. The minimum Gasteiger partial charge on any atom is -0.313 e. The van der Waals surface area contributed by atoms with E-state index in [9.17, 15) is 8.42 Å². The van der Waals surface area contributed by atoms with Gasteiger partial charge in [0.2, 0.25) is 0 Å². The molecule has 0 bridgehead atoms. The van der Waals surface area contributed by atoms with Crippen molar-refractivity contribution in [2.45, 2.75) is 43.9 Å². The Morgan fingerprint density at radius 3 is 2.65 bits per heavy atom. The molecule has 0 aromatic carbocycles. The molecule has 3 nitrogen and oxygen atoms in total. The lowest BCUT2D eigenvalue weighted by molar-refractivity contribution is 0.289. The van der Waals surface area contributed by atoms with Crippen molar-refractivity contribution in [2.75, 3.05) is 24.8 Å². The smallest absolute Gasteiger partial charge is 0.150 e. The number of sulfone groups is 1. The number of hydrogen-bond donors (Lipinski definition) is 1. The molecule has 0 amide bonds. The van der Waals surface area contributed by atoms with Crippen molar-refractivity contribution < 1.29 is 8.42 Å². The molecule has 0 spiro atoms. The van der Waals surface area contributed by atoms with Crippen LogP contribution in [-0.2, 0) is 9.84 Å². The summed E-state index contributed by atoms with van der Waals surface area (Å²) in [6.45, 7) is 3.08. The maximum atomic E-state index is 11.6. The molecule has 3 unspecified atom stereocenters. The van der Waals surface area contributed by atoms with E-state index in [1.807, 2.05) is 11.8 Å². The van der Waals surface area contributed by atoms with Crippen molar-refractivity contribution in [3.63, 3.8) is 0 Å². The molecule has 0 aromatic rings. The maximum absolute atomic E-state index is 11.6. The van der Waals surface area contributed by atoms with Crippen LogP contribution in [0.2, 0.25) is 0 Å². The first kappa shape index (κ1) is 15.3. The van der Waals surface area contributed by atoms with Crippen LogP contribution in [0.5, 0.6) is 0 Å². The predicted octanol–water partition coefficient (Wildman–Crippen LogP) is 1.93. The average molecular weight is 279 g/mol. The van der Waals surface area contributed by atoms with E-state index in [-0.39, 0.29) is 5.25 Å². The number of nitrogens with one attached hydrogen (secondary N) is 1. The highest BCUT2D eigenvalue weighted by atomic mass is 32.2. The Morgan fingerprint density at radius 2 is 2.12 bits per heavy atom. The van der Waals surface area contributed by atoms with Crippen molar-refractivity contribution in [1.82, 2.24) is 5.32 Å². The summed E-state index contributed by atoms with van der Waals surface area (Å²) in [6, 6.07) is 0.472. The van der Waals surface area contributed by atoms with Crippen LogP contribution in [0.3, 0.4) is 0 Å². The van der Waals surface area contributed by atoms with Gasteiger partial charge in [-0.15, -0.1) is 0 Å². The van der Waals surface area contributed by atoms with Crippen molar-refractivity contribution in [1.29, 1.82) is 0 Å². The zero-order valence-corrected chi connectivity index (χ0v) is 12.7. The molecule has 1 aliphatic rings. The van der Waals surface area contributed by atoms with E-state index < -0.39 is 9.84 Å². The fourth-order valence-corrected chi connectivity index (χ4v) is 4.68. The van der Waals surface area contributed by atoms with Crippen LogP contribution in [0.4, 0.5) is 0 Å². The van der Waals surface area contributed by atoms with Crippen molar-refractivity contribution in [3.8, 4) is 0 Å². The van der Waals surface area contributed by atoms with E-state index >= 15 is 0 Å². The standard InChI is InChI=1S/C12H25NO2S2/c1-4-13-12(9-16-2)10-6-5-7-11(8-10)17(3,14)15/h10-13H,4-9H2,1-3H3. The van der Waals surface area contributed by atoms with E-state index in [1.165, 1.54) is 12.7 Å². The van der Waals surface area contributed by atoms with Crippen LogP contribution >= 0.6 is 11.8 Å². The third-order valence-electron chi connectivity index (χ3n) is 3.65. The maximum Gasteiger partial charge on any atom is 0.150 e. The quantitative estimate of drug-likeness (QED) is 0.807. The Bertz CT molecular complexity index is 310. The number of rotatable bonds is 6. The lowest BCUT2D eigenvalue weighted by Crippen LogP contribution is -2.42. The summed E-state index contributed by atoms with van der Waals surface area (Å²) in [5.74, 6) is 1.60.